The predicted octanol–water partition coefficient (Wildman–Crippen LogP) is 2.77. The van der Waals surface area contributed by atoms with Crippen LogP contribution in [0.3, 0.4) is 0 Å². The van der Waals surface area contributed by atoms with Gasteiger partial charge < -0.3 is 9.90 Å². The lowest BCUT2D eigenvalue weighted by molar-refractivity contribution is -0.131. The lowest BCUT2D eigenvalue weighted by atomic mass is 10.2. The van der Waals surface area contributed by atoms with Crippen molar-refractivity contribution in [1.82, 2.24) is 0 Å². The first-order chi connectivity index (χ1) is 7.56. The summed E-state index contributed by atoms with van der Waals surface area (Å²) in [6, 6.07) is 9.31. The standard InChI is InChI=1S/C9H8O2.C4H8O/c10-9(11)7-6-8-4-2-1-3-5-8;1-3-4(2)5/h1-7H,(H,10,11);3H2,1-2H3. The molecule has 0 atom stereocenters. The van der Waals surface area contributed by atoms with Crippen molar-refractivity contribution in [2.24, 2.45) is 0 Å². The second kappa shape index (κ2) is 8.41. The topological polar surface area (TPSA) is 54.4 Å². The molecule has 0 aliphatic rings. The van der Waals surface area contributed by atoms with Crippen molar-refractivity contribution in [3.8, 4) is 0 Å². The molecule has 1 rings (SSSR count). The molecule has 0 amide bonds. The zero-order valence-electron chi connectivity index (χ0n) is 9.51. The molecule has 0 aromatic heterocycles. The van der Waals surface area contributed by atoms with Crippen LogP contribution in [0.5, 0.6) is 0 Å². The molecule has 3 heteroatoms. The second-order valence-electron chi connectivity index (χ2n) is 3.14. The molecule has 0 saturated heterocycles. The average Bonchev–Trinajstić information content (AvgIpc) is 2.28. The van der Waals surface area contributed by atoms with Gasteiger partial charge in [0.25, 0.3) is 0 Å². The molecule has 0 spiro atoms. The third kappa shape index (κ3) is 8.69. The minimum absolute atomic E-state index is 0.255. The van der Waals surface area contributed by atoms with Gasteiger partial charge >= 0.3 is 5.97 Å². The third-order valence-electron chi connectivity index (χ3n) is 1.72. The number of ketones is 1. The van der Waals surface area contributed by atoms with Crippen LogP contribution in [0.4, 0.5) is 0 Å². The Kier molecular flexibility index (Phi) is 7.41. The fraction of sp³-hybridized carbons (Fsp3) is 0.231. The van der Waals surface area contributed by atoms with Gasteiger partial charge in [0.05, 0.1) is 0 Å². The van der Waals surface area contributed by atoms with Crippen molar-refractivity contribution in [2.45, 2.75) is 20.3 Å². The predicted molar refractivity (Wildman–Crippen MR) is 64.1 cm³/mol. The molecule has 1 aromatic carbocycles. The Morgan fingerprint density at radius 3 is 2.12 bits per heavy atom. The van der Waals surface area contributed by atoms with Crippen LogP contribution in [0.15, 0.2) is 36.4 Å². The van der Waals surface area contributed by atoms with E-state index in [1.54, 1.807) is 13.0 Å². The molecule has 0 saturated carbocycles. The normalized spacial score (nSPS) is 9.38. The van der Waals surface area contributed by atoms with E-state index < -0.39 is 5.97 Å². The first-order valence-electron chi connectivity index (χ1n) is 5.01. The van der Waals surface area contributed by atoms with Gasteiger partial charge in [-0.05, 0) is 18.6 Å². The van der Waals surface area contributed by atoms with Crippen LogP contribution in [0.1, 0.15) is 25.8 Å². The number of carboxylic acids is 1. The number of carboxylic acid groups (broad SMARTS) is 1. The molecule has 0 fully saturated rings. The zero-order chi connectivity index (χ0) is 12.4. The van der Waals surface area contributed by atoms with E-state index in [4.69, 9.17) is 5.11 Å². The molecule has 0 unspecified atom stereocenters. The molecule has 3 nitrogen and oxygen atoms in total. The molecular weight excluding hydrogens is 204 g/mol. The summed E-state index contributed by atoms with van der Waals surface area (Å²) in [5, 5.41) is 8.29. The molecule has 0 aliphatic heterocycles. The van der Waals surface area contributed by atoms with Gasteiger partial charge in [-0.1, -0.05) is 37.3 Å². The molecule has 0 bridgehead atoms. The number of hydrogen-bond donors (Lipinski definition) is 1. The Hall–Kier alpha value is -1.90. The van der Waals surface area contributed by atoms with E-state index in [-0.39, 0.29) is 5.78 Å². The van der Waals surface area contributed by atoms with Crippen LogP contribution in [-0.4, -0.2) is 16.9 Å². The molecular formula is C13H16O3. The molecule has 0 heterocycles. The van der Waals surface area contributed by atoms with E-state index in [1.807, 2.05) is 37.3 Å². The Labute approximate surface area is 95.4 Å². The lowest BCUT2D eigenvalue weighted by Crippen LogP contribution is -1.85. The van der Waals surface area contributed by atoms with Crippen molar-refractivity contribution in [1.29, 1.82) is 0 Å². The SMILES string of the molecule is CCC(C)=O.O=C(O)C=Cc1ccccc1. The number of Topliss-reactive ketones (excluding diaryl/α,β-unsaturated/α-hetero) is 1. The summed E-state index contributed by atoms with van der Waals surface area (Å²) >= 11 is 0. The minimum atomic E-state index is -0.922. The van der Waals surface area contributed by atoms with Crippen LogP contribution >= 0.6 is 0 Å². The van der Waals surface area contributed by atoms with Crippen molar-refractivity contribution in [3.05, 3.63) is 42.0 Å². The fourth-order valence-electron chi connectivity index (χ4n) is 0.732. The van der Waals surface area contributed by atoms with E-state index in [0.717, 1.165) is 11.6 Å². The van der Waals surface area contributed by atoms with Gasteiger partial charge in [0.2, 0.25) is 0 Å². The smallest absolute Gasteiger partial charge is 0.328 e. The molecule has 86 valence electrons. The van der Waals surface area contributed by atoms with E-state index >= 15 is 0 Å². The maximum absolute atomic E-state index is 10.1. The van der Waals surface area contributed by atoms with Gasteiger partial charge in [-0.2, -0.15) is 0 Å². The van der Waals surface area contributed by atoms with E-state index in [0.29, 0.717) is 6.42 Å². The Morgan fingerprint density at radius 2 is 1.75 bits per heavy atom. The maximum atomic E-state index is 10.1. The summed E-state index contributed by atoms with van der Waals surface area (Å²) in [6.45, 7) is 3.43. The lowest BCUT2D eigenvalue weighted by Gasteiger charge is -1.87. The summed E-state index contributed by atoms with van der Waals surface area (Å²) in [5.74, 6) is -0.668. The molecule has 0 aliphatic carbocycles. The maximum Gasteiger partial charge on any atom is 0.328 e. The summed E-state index contributed by atoms with van der Waals surface area (Å²) in [6.07, 6.45) is 3.34. The van der Waals surface area contributed by atoms with Gasteiger partial charge in [-0.15, -0.1) is 0 Å². The second-order valence-corrected chi connectivity index (χ2v) is 3.14. The molecule has 0 radical (unpaired) electrons. The number of carbonyl (C=O) groups is 2. The zero-order valence-corrected chi connectivity index (χ0v) is 9.51. The summed E-state index contributed by atoms with van der Waals surface area (Å²) in [4.78, 5) is 19.9. The largest absolute Gasteiger partial charge is 0.478 e. The van der Waals surface area contributed by atoms with Crippen LogP contribution in [0.2, 0.25) is 0 Å². The Bertz CT molecular complexity index is 353. The highest BCUT2D eigenvalue weighted by Crippen LogP contribution is 1.99. The molecule has 1 aromatic rings. The van der Waals surface area contributed by atoms with E-state index in [2.05, 4.69) is 0 Å². The Morgan fingerprint density at radius 1 is 1.25 bits per heavy atom. The highest BCUT2D eigenvalue weighted by atomic mass is 16.4. The van der Waals surface area contributed by atoms with Crippen molar-refractivity contribution < 1.29 is 14.7 Å². The quantitative estimate of drug-likeness (QED) is 0.797. The van der Waals surface area contributed by atoms with Crippen molar-refractivity contribution in [2.75, 3.05) is 0 Å². The minimum Gasteiger partial charge on any atom is -0.478 e. The molecule has 16 heavy (non-hydrogen) atoms. The fourth-order valence-corrected chi connectivity index (χ4v) is 0.732. The van der Waals surface area contributed by atoms with E-state index in [1.165, 1.54) is 0 Å². The Balaban J connectivity index is 0.000000385. The van der Waals surface area contributed by atoms with Gasteiger partial charge in [-0.25, -0.2) is 4.79 Å². The average molecular weight is 220 g/mol. The monoisotopic (exact) mass is 220 g/mol. The first kappa shape index (κ1) is 14.1. The summed E-state index contributed by atoms with van der Waals surface area (Å²) < 4.78 is 0. The van der Waals surface area contributed by atoms with Gasteiger partial charge in [-0.3, -0.25) is 0 Å². The van der Waals surface area contributed by atoms with Crippen LogP contribution in [0.25, 0.3) is 6.08 Å². The van der Waals surface area contributed by atoms with Gasteiger partial charge in [0, 0.05) is 12.5 Å². The number of rotatable bonds is 3. The highest BCUT2D eigenvalue weighted by Gasteiger charge is 1.85. The number of aliphatic carboxylic acids is 1. The summed E-state index contributed by atoms with van der Waals surface area (Å²) in [7, 11) is 0. The third-order valence-corrected chi connectivity index (χ3v) is 1.72. The van der Waals surface area contributed by atoms with E-state index in [9.17, 15) is 9.59 Å². The number of hydrogen-bond acceptors (Lipinski definition) is 2. The van der Waals surface area contributed by atoms with Gasteiger partial charge in [0.1, 0.15) is 5.78 Å². The van der Waals surface area contributed by atoms with Crippen molar-refractivity contribution in [3.63, 3.8) is 0 Å². The van der Waals surface area contributed by atoms with Crippen LogP contribution in [0, 0.1) is 0 Å². The first-order valence-corrected chi connectivity index (χ1v) is 5.01. The van der Waals surface area contributed by atoms with Crippen LogP contribution < -0.4 is 0 Å². The van der Waals surface area contributed by atoms with Gasteiger partial charge in [0.15, 0.2) is 0 Å². The number of benzene rings is 1. The van der Waals surface area contributed by atoms with Crippen LogP contribution in [-0.2, 0) is 9.59 Å². The highest BCUT2D eigenvalue weighted by molar-refractivity contribution is 5.85. The summed E-state index contributed by atoms with van der Waals surface area (Å²) in [5.41, 5.74) is 0.898. The molecule has 1 N–H and O–H groups in total. The number of carbonyl (C=O) groups excluding carboxylic acids is 1. The van der Waals surface area contributed by atoms with Crippen molar-refractivity contribution >= 4 is 17.8 Å².